The molecule has 0 heterocycles. The van der Waals surface area contributed by atoms with Crippen molar-refractivity contribution in [1.82, 2.24) is 32.9 Å². The van der Waals surface area contributed by atoms with Gasteiger partial charge in [-0.05, 0) is 185 Å². The maximum Gasteiger partial charge on any atom is 0.417 e. The summed E-state index contributed by atoms with van der Waals surface area (Å²) >= 11 is 11.8. The Labute approximate surface area is 584 Å². The van der Waals surface area contributed by atoms with E-state index in [-0.39, 0.29) is 51.1 Å². The largest absolute Gasteiger partial charge is 0.417 e. The predicted octanol–water partition coefficient (Wildman–Crippen LogP) is 9.27. The Morgan fingerprint density at radius 3 is 0.910 bits per heavy atom. The molecule has 0 aliphatic carbocycles. The minimum atomic E-state index is -4.62. The number of aliphatic hydroxyl groups excluding tert-OH is 6. The van der Waals surface area contributed by atoms with Gasteiger partial charge in [-0.25, -0.2) is 46.1 Å². The fourth-order valence-corrected chi connectivity index (χ4v) is 7.82. The van der Waals surface area contributed by atoms with E-state index in [1.165, 1.54) is 52.8 Å². The molecule has 0 saturated heterocycles. The van der Waals surface area contributed by atoms with E-state index in [0.29, 0.717) is 37.9 Å². The lowest BCUT2D eigenvalue weighted by Gasteiger charge is -2.14. The Balaban J connectivity index is 0.000000601. The smallest absolute Gasteiger partial charge is 0.391 e. The van der Waals surface area contributed by atoms with Crippen molar-refractivity contribution in [2.24, 2.45) is 0 Å². The molecule has 12 N–H and O–H groups in total. The van der Waals surface area contributed by atoms with Gasteiger partial charge in [-0.3, -0.25) is 57.8 Å². The van der Waals surface area contributed by atoms with Crippen LogP contribution in [-0.4, -0.2) is 142 Å². The van der Waals surface area contributed by atoms with E-state index in [2.05, 4.69) is 36.4 Å². The number of alkyl halides is 3. The van der Waals surface area contributed by atoms with Crippen LogP contribution in [0.1, 0.15) is 148 Å². The van der Waals surface area contributed by atoms with Gasteiger partial charge in [0, 0.05) is 5.56 Å². The van der Waals surface area contributed by atoms with Crippen LogP contribution in [0, 0.1) is 65.9 Å². The Kier molecular flexibility index (Phi) is 41.6. The zero-order valence-electron chi connectivity index (χ0n) is 57.1. The molecule has 0 bridgehead atoms. The Hall–Kier alpha value is -8.18. The first-order valence-corrected chi connectivity index (χ1v) is 31.0. The van der Waals surface area contributed by atoms with Gasteiger partial charge in [0.25, 0.3) is 35.4 Å². The first kappa shape index (κ1) is 89.8. The summed E-state index contributed by atoms with van der Waals surface area (Å²) in [6, 6.07) is 25.5. The molecule has 0 saturated carbocycles. The number of nitrogens with one attached hydrogen (secondary N) is 6. The third-order valence-corrected chi connectivity index (χ3v) is 12.4. The average Bonchev–Trinajstić information content (AvgIpc) is 0.829. The molecule has 6 amide bonds. The highest BCUT2D eigenvalue weighted by Gasteiger charge is 2.35. The Morgan fingerprint density at radius 2 is 0.600 bits per heavy atom. The SMILES string of the molecule is Cc1cc(F)c(C(=O)NOCC(C)O)c(F)c1.Cc1ccc(C(=O)NOCC(C)O)c(C(F)(F)F)c1.Cc1ccc(C(=O)NOCC(C)O)c(C)c1.Cc1ccc(C(=O)NOCC(C)O)c(F)c1.Cc1ccc(C(=O)NOC[C@@H](C)O)c(Cl)c1.Cc1ccc(C(=O)NOC[C@H](C)O)c(Cl)c1. The van der Waals surface area contributed by atoms with E-state index in [1.807, 2.05) is 50.8 Å². The van der Waals surface area contributed by atoms with Crippen LogP contribution in [0.4, 0.5) is 26.3 Å². The average molecular weight is 1460 g/mol. The van der Waals surface area contributed by atoms with Crippen molar-refractivity contribution in [3.8, 4) is 0 Å². The number of hydrogen-bond donors (Lipinski definition) is 12. The molecule has 6 aromatic carbocycles. The lowest BCUT2D eigenvalue weighted by Crippen LogP contribution is -2.29. The van der Waals surface area contributed by atoms with Gasteiger partial charge >= 0.3 is 6.18 Å². The first-order valence-electron chi connectivity index (χ1n) is 30.3. The molecule has 0 aliphatic rings. The second kappa shape index (κ2) is 46.3. The fourth-order valence-electron chi connectivity index (χ4n) is 7.18. The zero-order chi connectivity index (χ0) is 76.1. The van der Waals surface area contributed by atoms with Crippen LogP contribution in [0.15, 0.2) is 103 Å². The minimum absolute atomic E-state index is 0.0369. The van der Waals surface area contributed by atoms with Crippen molar-refractivity contribution in [3.05, 3.63) is 209 Å². The predicted molar refractivity (Wildman–Crippen MR) is 357 cm³/mol. The summed E-state index contributed by atoms with van der Waals surface area (Å²) < 4.78 is 78.3. The van der Waals surface area contributed by atoms with E-state index in [9.17, 15) is 55.1 Å². The van der Waals surface area contributed by atoms with Crippen LogP contribution in [-0.2, 0) is 35.2 Å². The van der Waals surface area contributed by atoms with E-state index in [1.54, 1.807) is 76.2 Å². The van der Waals surface area contributed by atoms with E-state index in [4.69, 9.17) is 68.4 Å². The molecule has 6 atom stereocenters. The van der Waals surface area contributed by atoms with Gasteiger partial charge in [0.15, 0.2) is 0 Å². The molecule has 6 rings (SSSR count). The molecule has 24 nitrogen and oxygen atoms in total. The van der Waals surface area contributed by atoms with E-state index in [0.717, 1.165) is 52.1 Å². The quantitative estimate of drug-likeness (QED) is 0.0198. The standard InChI is InChI=1S/C12H14F3NO3.C12H17NO3.2C11H14ClNO3.C11H13F2NO3.C11H14FNO3/c1-7-3-4-9(10(5-7)12(13,14)15)11(18)16-19-6-8(2)17;1-8-4-5-11(9(2)6-8)12(15)13-16-7-10(3)14;2*1-7-3-4-9(10(12)5-7)11(15)13-16-6-8(2)14;1-6-3-8(12)10(9(13)4-6)11(16)14-17-5-7(2)15;1-7-3-4-9(10(12)5-7)11(15)13-16-6-8(2)14/h3-5,8,17H,6H2,1-2H3,(H,16,18);4-6,10,14H,7H2,1-3H3,(H,13,15);2*3-5,8,14H,6H2,1-2H3,(H,13,15);3-4,7,15H,5H2,1-2H3,(H,14,16);3-5,8,14H,6H2,1-2H3,(H,13,15)/t;;2*8-;;/m..10../s1. The first-order chi connectivity index (χ1) is 46.6. The van der Waals surface area contributed by atoms with Gasteiger partial charge in [-0.2, -0.15) is 13.2 Å². The number of halogens is 8. The second-order valence-corrected chi connectivity index (χ2v) is 23.3. The summed E-state index contributed by atoms with van der Waals surface area (Å²) in [5.74, 6) is -6.36. The zero-order valence-corrected chi connectivity index (χ0v) is 58.6. The number of aliphatic hydroxyl groups is 6. The topological polar surface area (TPSA) is 351 Å². The molecule has 6 aromatic rings. The van der Waals surface area contributed by atoms with E-state index < -0.39 is 106 Å². The molecule has 0 fully saturated rings. The number of carbonyl (C=O) groups excluding carboxylic acids is 6. The summed E-state index contributed by atoms with van der Waals surface area (Å²) in [6.07, 6.45) is -8.79. The molecule has 100 heavy (non-hydrogen) atoms. The molecule has 0 aliphatic heterocycles. The number of amides is 6. The highest BCUT2D eigenvalue weighted by molar-refractivity contribution is 6.34. The number of carbonyl (C=O) groups is 6. The number of benzene rings is 6. The molecular weight excluding hydrogens is 1370 g/mol. The van der Waals surface area contributed by atoms with Gasteiger partial charge in [0.05, 0.1) is 74.5 Å². The maximum atomic E-state index is 13.3. The van der Waals surface area contributed by atoms with Gasteiger partial charge < -0.3 is 30.6 Å². The van der Waals surface area contributed by atoms with Crippen molar-refractivity contribution in [1.29, 1.82) is 0 Å². The molecular formula is C68H86Cl2F6N6O18. The summed E-state index contributed by atoms with van der Waals surface area (Å²) in [5.41, 5.74) is 16.9. The Morgan fingerprint density at radius 1 is 0.350 bits per heavy atom. The van der Waals surface area contributed by atoms with Crippen molar-refractivity contribution >= 4 is 58.6 Å². The highest BCUT2D eigenvalue weighted by Crippen LogP contribution is 2.33. The van der Waals surface area contributed by atoms with Gasteiger partial charge in [-0.1, -0.05) is 70.7 Å². The fraction of sp³-hybridized carbons (Fsp3) is 0.382. The van der Waals surface area contributed by atoms with Crippen molar-refractivity contribution < 1.29 is 115 Å². The van der Waals surface area contributed by atoms with Crippen molar-refractivity contribution in [2.45, 2.75) is 133 Å². The molecule has 32 heteroatoms. The van der Waals surface area contributed by atoms with Crippen LogP contribution < -0.4 is 32.9 Å². The lowest BCUT2D eigenvalue weighted by molar-refractivity contribution is -0.138. The number of aryl methyl sites for hydroxylation is 7. The summed E-state index contributed by atoms with van der Waals surface area (Å²) in [5, 5.41) is 54.2. The van der Waals surface area contributed by atoms with E-state index >= 15 is 0 Å². The molecule has 552 valence electrons. The van der Waals surface area contributed by atoms with Gasteiger partial charge in [0.2, 0.25) is 0 Å². The summed E-state index contributed by atoms with van der Waals surface area (Å²) in [6.45, 7) is 21.2. The Bertz CT molecular complexity index is 3270. The maximum absolute atomic E-state index is 13.3. The molecule has 4 unspecified atom stereocenters. The molecule has 0 aromatic heterocycles. The molecule has 0 radical (unpaired) electrons. The van der Waals surface area contributed by atoms with Gasteiger partial charge in [0.1, 0.15) is 62.7 Å². The second-order valence-electron chi connectivity index (χ2n) is 22.5. The summed E-state index contributed by atoms with van der Waals surface area (Å²) in [7, 11) is 0. The molecule has 0 spiro atoms. The number of hydrogen-bond acceptors (Lipinski definition) is 18. The lowest BCUT2D eigenvalue weighted by atomic mass is 10.0. The van der Waals surface area contributed by atoms with Crippen LogP contribution in [0.25, 0.3) is 0 Å². The van der Waals surface area contributed by atoms with Crippen molar-refractivity contribution in [2.75, 3.05) is 39.6 Å². The normalized spacial score (nSPS) is 12.4. The third-order valence-electron chi connectivity index (χ3n) is 11.8. The van der Waals surface area contributed by atoms with Crippen molar-refractivity contribution in [3.63, 3.8) is 0 Å². The summed E-state index contributed by atoms with van der Waals surface area (Å²) in [4.78, 5) is 97.4. The minimum Gasteiger partial charge on any atom is -0.391 e. The highest BCUT2D eigenvalue weighted by atomic mass is 35.5. The van der Waals surface area contributed by atoms with Crippen LogP contribution >= 0.6 is 23.2 Å². The monoisotopic (exact) mass is 1460 g/mol. The van der Waals surface area contributed by atoms with Crippen LogP contribution in [0.5, 0.6) is 0 Å². The van der Waals surface area contributed by atoms with Crippen LogP contribution in [0.2, 0.25) is 10.0 Å². The third kappa shape index (κ3) is 36.8. The number of rotatable bonds is 24. The number of hydroxylamine groups is 6. The van der Waals surface area contributed by atoms with Gasteiger partial charge in [-0.15, -0.1) is 0 Å². The van der Waals surface area contributed by atoms with Crippen LogP contribution in [0.3, 0.4) is 0 Å².